The Kier molecular flexibility index (Phi) is 12.5. The van der Waals surface area contributed by atoms with Crippen molar-refractivity contribution in [3.8, 4) is 0 Å². The smallest absolute Gasteiger partial charge is 0.190 e. The van der Waals surface area contributed by atoms with Crippen molar-refractivity contribution in [3.05, 3.63) is 66.0 Å². The van der Waals surface area contributed by atoms with E-state index >= 15 is 0 Å². The Balaban J connectivity index is 0.00000338. The predicted molar refractivity (Wildman–Crippen MR) is 118 cm³/mol. The third kappa shape index (κ3) is 9.72. The van der Waals surface area contributed by atoms with Crippen molar-refractivity contribution in [2.24, 2.45) is 4.99 Å². The fourth-order valence-corrected chi connectivity index (χ4v) is 2.39. The van der Waals surface area contributed by atoms with Crippen LogP contribution in [0.3, 0.4) is 0 Å². The molecule has 142 valence electrons. The van der Waals surface area contributed by atoms with Gasteiger partial charge in [-0.1, -0.05) is 36.4 Å². The maximum Gasteiger partial charge on any atom is 0.190 e. The van der Waals surface area contributed by atoms with Gasteiger partial charge in [-0.25, -0.2) is 0 Å². The zero-order valence-corrected chi connectivity index (χ0v) is 17.7. The molecule has 2 aromatic rings. The molecule has 0 saturated carbocycles. The number of hydrogen-bond donors (Lipinski definition) is 2. The lowest BCUT2D eigenvalue weighted by molar-refractivity contribution is 0.135. The van der Waals surface area contributed by atoms with E-state index in [0.29, 0.717) is 0 Å². The topological polar surface area (TPSA) is 58.5 Å². The third-order valence-electron chi connectivity index (χ3n) is 3.76. The second-order valence-electron chi connectivity index (χ2n) is 5.70. The number of guanidine groups is 1. The first kappa shape index (κ1) is 22.4. The second kappa shape index (κ2) is 14.5. The van der Waals surface area contributed by atoms with Gasteiger partial charge in [0.1, 0.15) is 0 Å². The number of hydrogen-bond acceptors (Lipinski definition) is 3. The highest BCUT2D eigenvalue weighted by Gasteiger charge is 1.98. The highest BCUT2D eigenvalue weighted by Crippen LogP contribution is 1.99. The summed E-state index contributed by atoms with van der Waals surface area (Å²) in [5, 5.41) is 6.60. The minimum absolute atomic E-state index is 0. The van der Waals surface area contributed by atoms with E-state index in [0.717, 1.165) is 57.2 Å². The number of rotatable bonds is 10. The quantitative estimate of drug-likeness (QED) is 0.244. The van der Waals surface area contributed by atoms with Crippen molar-refractivity contribution in [1.29, 1.82) is 0 Å². The van der Waals surface area contributed by atoms with Crippen molar-refractivity contribution in [2.45, 2.75) is 19.3 Å². The van der Waals surface area contributed by atoms with E-state index in [9.17, 15) is 0 Å². The van der Waals surface area contributed by atoms with Gasteiger partial charge in [-0.2, -0.15) is 0 Å². The van der Waals surface area contributed by atoms with E-state index in [1.165, 1.54) is 5.56 Å². The molecule has 0 radical (unpaired) electrons. The summed E-state index contributed by atoms with van der Waals surface area (Å²) >= 11 is 0. The number of halogens is 1. The lowest BCUT2D eigenvalue weighted by atomic mass is 10.2. The zero-order valence-electron chi connectivity index (χ0n) is 15.4. The van der Waals surface area contributed by atoms with Crippen molar-refractivity contribution < 1.29 is 4.74 Å². The Labute approximate surface area is 173 Å². The molecule has 0 amide bonds. The van der Waals surface area contributed by atoms with Crippen LogP contribution in [0, 0.1) is 0 Å². The average molecular weight is 468 g/mol. The minimum atomic E-state index is 0. The summed E-state index contributed by atoms with van der Waals surface area (Å²) in [4.78, 5) is 8.54. The molecule has 0 saturated heterocycles. The molecule has 6 heteroatoms. The first-order valence-corrected chi connectivity index (χ1v) is 8.84. The standard InChI is InChI=1S/C20H28N4O.HI/c1-21-20(24-15-11-19-10-5-6-13-22-19)23-14-7-16-25-17-12-18-8-3-2-4-9-18;/h2-6,8-10,13H,7,11-12,14-17H2,1H3,(H2,21,23,24);1H. The molecule has 0 aliphatic carbocycles. The maximum atomic E-state index is 5.68. The van der Waals surface area contributed by atoms with Gasteiger partial charge in [-0.3, -0.25) is 9.98 Å². The molecule has 0 aliphatic heterocycles. The van der Waals surface area contributed by atoms with Gasteiger partial charge in [-0.05, 0) is 30.5 Å². The van der Waals surface area contributed by atoms with Crippen LogP contribution in [-0.4, -0.2) is 44.3 Å². The molecule has 2 N–H and O–H groups in total. The molecule has 1 heterocycles. The summed E-state index contributed by atoms with van der Waals surface area (Å²) in [6.45, 7) is 3.17. The summed E-state index contributed by atoms with van der Waals surface area (Å²) in [5.74, 6) is 0.820. The van der Waals surface area contributed by atoms with Crippen LogP contribution in [0.4, 0.5) is 0 Å². The van der Waals surface area contributed by atoms with Crippen LogP contribution in [0.25, 0.3) is 0 Å². The summed E-state index contributed by atoms with van der Waals surface area (Å²) in [5.41, 5.74) is 2.40. The molecule has 0 unspecified atom stereocenters. The van der Waals surface area contributed by atoms with Gasteiger partial charge in [0.2, 0.25) is 0 Å². The maximum absolute atomic E-state index is 5.68. The lowest BCUT2D eigenvalue weighted by Crippen LogP contribution is -2.39. The normalized spacial score (nSPS) is 10.9. The number of nitrogens with zero attached hydrogens (tertiary/aromatic N) is 2. The molecule has 26 heavy (non-hydrogen) atoms. The van der Waals surface area contributed by atoms with Gasteiger partial charge in [-0.15, -0.1) is 24.0 Å². The molecule has 1 aromatic heterocycles. The predicted octanol–water partition coefficient (Wildman–Crippen LogP) is 3.06. The molecular weight excluding hydrogens is 439 g/mol. The molecule has 0 spiro atoms. The van der Waals surface area contributed by atoms with E-state index in [-0.39, 0.29) is 24.0 Å². The number of nitrogens with one attached hydrogen (secondary N) is 2. The Bertz CT molecular complexity index is 608. The summed E-state index contributed by atoms with van der Waals surface area (Å²) < 4.78 is 5.68. The van der Waals surface area contributed by atoms with Gasteiger partial charge >= 0.3 is 0 Å². The van der Waals surface area contributed by atoms with Gasteiger partial charge in [0.05, 0.1) is 6.61 Å². The first-order chi connectivity index (χ1) is 12.4. The molecule has 0 fully saturated rings. The molecule has 0 atom stereocenters. The van der Waals surface area contributed by atoms with E-state index in [4.69, 9.17) is 4.74 Å². The number of aromatic nitrogens is 1. The van der Waals surface area contributed by atoms with Gasteiger partial charge in [0.25, 0.3) is 0 Å². The van der Waals surface area contributed by atoms with Gasteiger partial charge in [0, 0.05) is 45.1 Å². The van der Waals surface area contributed by atoms with Crippen LogP contribution in [0.5, 0.6) is 0 Å². The Morgan fingerprint density at radius 2 is 1.73 bits per heavy atom. The molecule has 1 aromatic carbocycles. The number of benzene rings is 1. The Hall–Kier alpha value is -1.67. The fourth-order valence-electron chi connectivity index (χ4n) is 2.39. The Morgan fingerprint density at radius 3 is 2.46 bits per heavy atom. The van der Waals surface area contributed by atoms with Crippen LogP contribution < -0.4 is 10.6 Å². The van der Waals surface area contributed by atoms with Crippen molar-refractivity contribution >= 4 is 29.9 Å². The third-order valence-corrected chi connectivity index (χ3v) is 3.76. The number of aliphatic imine (C=N–C) groups is 1. The molecule has 0 aliphatic rings. The van der Waals surface area contributed by atoms with E-state index in [1.54, 1.807) is 7.05 Å². The summed E-state index contributed by atoms with van der Waals surface area (Å²) in [7, 11) is 1.78. The van der Waals surface area contributed by atoms with E-state index in [1.807, 2.05) is 30.5 Å². The summed E-state index contributed by atoms with van der Waals surface area (Å²) in [6.07, 6.45) is 4.62. The van der Waals surface area contributed by atoms with Crippen LogP contribution in [0.1, 0.15) is 17.7 Å². The van der Waals surface area contributed by atoms with E-state index < -0.39 is 0 Å². The zero-order chi connectivity index (χ0) is 17.6. The fraction of sp³-hybridized carbons (Fsp3) is 0.400. The van der Waals surface area contributed by atoms with Gasteiger partial charge < -0.3 is 15.4 Å². The van der Waals surface area contributed by atoms with E-state index in [2.05, 4.69) is 44.9 Å². The second-order valence-corrected chi connectivity index (χ2v) is 5.70. The van der Waals surface area contributed by atoms with Crippen molar-refractivity contribution in [3.63, 3.8) is 0 Å². The highest BCUT2D eigenvalue weighted by atomic mass is 127. The van der Waals surface area contributed by atoms with Crippen LogP contribution in [0.15, 0.2) is 59.7 Å². The largest absolute Gasteiger partial charge is 0.381 e. The molecule has 0 bridgehead atoms. The van der Waals surface area contributed by atoms with Crippen LogP contribution >= 0.6 is 24.0 Å². The number of ether oxygens (including phenoxy) is 1. The van der Waals surface area contributed by atoms with Crippen LogP contribution in [0.2, 0.25) is 0 Å². The average Bonchev–Trinajstić information content (AvgIpc) is 2.67. The van der Waals surface area contributed by atoms with Crippen molar-refractivity contribution in [2.75, 3.05) is 33.4 Å². The van der Waals surface area contributed by atoms with Crippen LogP contribution in [-0.2, 0) is 17.6 Å². The first-order valence-electron chi connectivity index (χ1n) is 8.84. The SMILES string of the molecule is CN=C(NCCCOCCc1ccccc1)NCCc1ccccn1.I. The van der Waals surface area contributed by atoms with Crippen molar-refractivity contribution in [1.82, 2.24) is 15.6 Å². The molecule has 2 rings (SSSR count). The molecular formula is C20H29IN4O. The Morgan fingerprint density at radius 1 is 0.962 bits per heavy atom. The van der Waals surface area contributed by atoms with Gasteiger partial charge in [0.15, 0.2) is 5.96 Å². The lowest BCUT2D eigenvalue weighted by Gasteiger charge is -2.11. The summed E-state index contributed by atoms with van der Waals surface area (Å²) in [6, 6.07) is 16.4. The minimum Gasteiger partial charge on any atom is -0.381 e. The monoisotopic (exact) mass is 468 g/mol. The number of pyridine rings is 1. The highest BCUT2D eigenvalue weighted by molar-refractivity contribution is 14.0. The molecule has 5 nitrogen and oxygen atoms in total.